The first-order chi connectivity index (χ1) is 8.14. The van der Waals surface area contributed by atoms with E-state index in [4.69, 9.17) is 5.26 Å². The average molecular weight is 252 g/mol. The molecule has 0 rings (SSSR count). The topological polar surface area (TPSA) is 53.2 Å². The standard InChI is InChI=1S/C8H14N2.C7H14O/c1-6(2)8(7(3)4)10-5-9;1-5(2)7(8)6(3)4/h6-7H,1-4H3;5-6H,1-4H3. The molecule has 0 unspecified atom stereocenters. The molecule has 0 aliphatic heterocycles. The Bertz CT molecular complexity index is 287. The summed E-state index contributed by atoms with van der Waals surface area (Å²) in [5.41, 5.74) is 0.988. The monoisotopic (exact) mass is 252 g/mol. The zero-order valence-corrected chi connectivity index (χ0v) is 13.1. The Morgan fingerprint density at radius 1 is 0.833 bits per heavy atom. The molecule has 3 heteroatoms. The molecule has 0 radical (unpaired) electrons. The normalized spacial score (nSPS) is 10.2. The van der Waals surface area contributed by atoms with Crippen molar-refractivity contribution in [3.8, 4) is 6.19 Å². The first-order valence-corrected chi connectivity index (χ1v) is 6.65. The van der Waals surface area contributed by atoms with Crippen molar-refractivity contribution < 1.29 is 4.79 Å². The van der Waals surface area contributed by atoms with Crippen LogP contribution in [0, 0.1) is 35.1 Å². The van der Waals surface area contributed by atoms with Gasteiger partial charge in [-0.25, -0.2) is 0 Å². The van der Waals surface area contributed by atoms with E-state index in [0.29, 0.717) is 17.6 Å². The molecule has 0 atom stereocenters. The van der Waals surface area contributed by atoms with E-state index in [1.165, 1.54) is 0 Å². The van der Waals surface area contributed by atoms with Crippen molar-refractivity contribution in [2.45, 2.75) is 55.4 Å². The number of Topliss-reactive ketones (excluding diaryl/α,β-unsaturated/α-hetero) is 1. The molecule has 0 aromatic rings. The van der Waals surface area contributed by atoms with Gasteiger partial charge in [-0.3, -0.25) is 4.79 Å². The lowest BCUT2D eigenvalue weighted by Gasteiger charge is -2.10. The second-order valence-corrected chi connectivity index (χ2v) is 5.66. The van der Waals surface area contributed by atoms with Crippen LogP contribution in [0.4, 0.5) is 0 Å². The van der Waals surface area contributed by atoms with Crippen molar-refractivity contribution in [3.05, 3.63) is 0 Å². The quantitative estimate of drug-likeness (QED) is 0.559. The van der Waals surface area contributed by atoms with E-state index < -0.39 is 0 Å². The van der Waals surface area contributed by atoms with Gasteiger partial charge in [-0.05, 0) is 11.8 Å². The third-order valence-corrected chi connectivity index (χ3v) is 2.50. The van der Waals surface area contributed by atoms with Gasteiger partial charge in [0.25, 0.3) is 0 Å². The molecule has 0 amide bonds. The van der Waals surface area contributed by atoms with Crippen molar-refractivity contribution in [2.75, 3.05) is 0 Å². The van der Waals surface area contributed by atoms with E-state index in [0.717, 1.165) is 5.71 Å². The molecule has 0 spiro atoms. The Hall–Kier alpha value is -1.17. The predicted octanol–water partition coefficient (Wildman–Crippen LogP) is 4.09. The number of hydrogen-bond donors (Lipinski definition) is 0. The van der Waals surface area contributed by atoms with Gasteiger partial charge < -0.3 is 0 Å². The van der Waals surface area contributed by atoms with Gasteiger partial charge in [0.2, 0.25) is 6.19 Å². The van der Waals surface area contributed by atoms with Crippen LogP contribution in [-0.2, 0) is 4.79 Å². The van der Waals surface area contributed by atoms with E-state index in [1.54, 1.807) is 0 Å². The number of nitriles is 1. The zero-order chi connectivity index (χ0) is 14.9. The van der Waals surface area contributed by atoms with Gasteiger partial charge in [0.05, 0.1) is 0 Å². The van der Waals surface area contributed by atoms with Crippen LogP contribution in [0.15, 0.2) is 4.99 Å². The number of hydrogen-bond acceptors (Lipinski definition) is 3. The second-order valence-electron chi connectivity index (χ2n) is 5.66. The number of aliphatic imine (C=N–C) groups is 1. The predicted molar refractivity (Wildman–Crippen MR) is 77.4 cm³/mol. The van der Waals surface area contributed by atoms with Crippen LogP contribution in [0.5, 0.6) is 0 Å². The summed E-state index contributed by atoms with van der Waals surface area (Å²) < 4.78 is 0. The molecule has 0 bridgehead atoms. The molecule has 3 nitrogen and oxygen atoms in total. The summed E-state index contributed by atoms with van der Waals surface area (Å²) in [6, 6.07) is 0. The molecule has 0 aliphatic rings. The lowest BCUT2D eigenvalue weighted by Crippen LogP contribution is -2.14. The molecular weight excluding hydrogens is 224 g/mol. The first-order valence-electron chi connectivity index (χ1n) is 6.65. The van der Waals surface area contributed by atoms with Gasteiger partial charge in [-0.2, -0.15) is 10.3 Å². The highest BCUT2D eigenvalue weighted by Gasteiger charge is 2.10. The van der Waals surface area contributed by atoms with Gasteiger partial charge in [0.15, 0.2) is 0 Å². The molecule has 0 aromatic heterocycles. The Morgan fingerprint density at radius 3 is 1.22 bits per heavy atom. The molecule has 0 fully saturated rings. The molecule has 0 aliphatic carbocycles. The molecule has 0 saturated carbocycles. The first kappa shape index (κ1) is 19.2. The number of ketones is 1. The summed E-state index contributed by atoms with van der Waals surface area (Å²) in [4.78, 5) is 14.6. The Morgan fingerprint density at radius 2 is 1.17 bits per heavy atom. The van der Waals surface area contributed by atoms with Crippen molar-refractivity contribution in [1.29, 1.82) is 5.26 Å². The highest BCUT2D eigenvalue weighted by molar-refractivity contribution is 5.88. The van der Waals surface area contributed by atoms with E-state index in [1.807, 2.05) is 33.9 Å². The molecule has 0 aromatic carbocycles. The fraction of sp³-hybridized carbons (Fsp3) is 0.800. The van der Waals surface area contributed by atoms with Crippen LogP contribution in [0.2, 0.25) is 0 Å². The molecule has 0 saturated heterocycles. The third kappa shape index (κ3) is 8.92. The number of rotatable bonds is 4. The number of nitrogens with zero attached hydrogens (tertiary/aromatic N) is 2. The van der Waals surface area contributed by atoms with Crippen LogP contribution in [0.25, 0.3) is 0 Å². The van der Waals surface area contributed by atoms with Gasteiger partial charge >= 0.3 is 0 Å². The Balaban J connectivity index is 0. The lowest BCUT2D eigenvalue weighted by atomic mass is 9.98. The third-order valence-electron chi connectivity index (χ3n) is 2.50. The minimum Gasteiger partial charge on any atom is -0.299 e. The molecule has 0 N–H and O–H groups in total. The van der Waals surface area contributed by atoms with E-state index in [-0.39, 0.29) is 11.8 Å². The number of carbonyl (C=O) groups excluding carboxylic acids is 1. The zero-order valence-electron chi connectivity index (χ0n) is 13.1. The van der Waals surface area contributed by atoms with Crippen LogP contribution >= 0.6 is 0 Å². The van der Waals surface area contributed by atoms with Gasteiger partial charge in [0.1, 0.15) is 5.78 Å². The van der Waals surface area contributed by atoms with Gasteiger partial charge in [-0.1, -0.05) is 55.4 Å². The maximum Gasteiger partial charge on any atom is 0.205 e. The van der Waals surface area contributed by atoms with E-state index in [9.17, 15) is 4.79 Å². The Labute approximate surface area is 112 Å². The van der Waals surface area contributed by atoms with Crippen LogP contribution in [0.3, 0.4) is 0 Å². The SMILES string of the molecule is CC(C)C(=NC#N)C(C)C.CC(C)C(=O)C(C)C. The fourth-order valence-electron chi connectivity index (χ4n) is 1.65. The highest BCUT2D eigenvalue weighted by atomic mass is 16.1. The highest BCUT2D eigenvalue weighted by Crippen LogP contribution is 2.07. The summed E-state index contributed by atoms with van der Waals surface area (Å²) in [5.74, 6) is 1.54. The lowest BCUT2D eigenvalue weighted by molar-refractivity contribution is -0.124. The van der Waals surface area contributed by atoms with Gasteiger partial charge in [-0.15, -0.1) is 0 Å². The summed E-state index contributed by atoms with van der Waals surface area (Å²) in [5, 5.41) is 8.30. The maximum absolute atomic E-state index is 10.8. The van der Waals surface area contributed by atoms with Gasteiger partial charge in [0, 0.05) is 17.5 Å². The van der Waals surface area contributed by atoms with E-state index >= 15 is 0 Å². The summed E-state index contributed by atoms with van der Waals surface area (Å²) in [6.07, 6.45) is 1.82. The van der Waals surface area contributed by atoms with Crippen molar-refractivity contribution in [3.63, 3.8) is 0 Å². The fourth-order valence-corrected chi connectivity index (χ4v) is 1.65. The summed E-state index contributed by atoms with van der Waals surface area (Å²) >= 11 is 0. The summed E-state index contributed by atoms with van der Waals surface area (Å²) in [7, 11) is 0. The van der Waals surface area contributed by atoms with E-state index in [2.05, 4.69) is 32.7 Å². The van der Waals surface area contributed by atoms with Crippen LogP contribution in [-0.4, -0.2) is 11.5 Å². The maximum atomic E-state index is 10.8. The largest absolute Gasteiger partial charge is 0.299 e. The number of carbonyl (C=O) groups is 1. The summed E-state index contributed by atoms with van der Waals surface area (Å²) in [6.45, 7) is 15.9. The molecule has 18 heavy (non-hydrogen) atoms. The smallest absolute Gasteiger partial charge is 0.205 e. The van der Waals surface area contributed by atoms with Crippen LogP contribution in [0.1, 0.15) is 55.4 Å². The molecule has 0 heterocycles. The average Bonchev–Trinajstić information content (AvgIpc) is 2.24. The van der Waals surface area contributed by atoms with Crippen molar-refractivity contribution in [2.24, 2.45) is 28.7 Å². The molecule has 104 valence electrons. The van der Waals surface area contributed by atoms with Crippen LogP contribution < -0.4 is 0 Å². The minimum absolute atomic E-state index is 0.204. The van der Waals surface area contributed by atoms with Crippen molar-refractivity contribution in [1.82, 2.24) is 0 Å². The Kier molecular flexibility index (Phi) is 10.5. The minimum atomic E-state index is 0.204. The second kappa shape index (κ2) is 9.82. The van der Waals surface area contributed by atoms with Crippen molar-refractivity contribution >= 4 is 11.5 Å². The molecular formula is C15H28N2O.